The number of halogens is 6. The second-order valence-electron chi connectivity index (χ2n) is 4.57. The van der Waals surface area contributed by atoms with Crippen LogP contribution in [0.1, 0.15) is 5.56 Å². The second-order valence-corrected chi connectivity index (χ2v) is 6.92. The van der Waals surface area contributed by atoms with Gasteiger partial charge >= 0.3 is 6.18 Å². The lowest BCUT2D eigenvalue weighted by atomic mass is 10.2. The smallest absolute Gasteiger partial charge is 0.250 e. The van der Waals surface area contributed by atoms with Gasteiger partial charge in [0.2, 0.25) is 0 Å². The number of aromatic nitrogens is 1. The molecule has 1 aromatic carbocycles. The van der Waals surface area contributed by atoms with Crippen LogP contribution in [-0.2, 0) is 16.2 Å². The predicted molar refractivity (Wildman–Crippen MR) is 76.2 cm³/mol. The van der Waals surface area contributed by atoms with Crippen molar-refractivity contribution < 1.29 is 30.4 Å². The van der Waals surface area contributed by atoms with E-state index >= 15 is 0 Å². The third kappa shape index (κ3) is 3.44. The van der Waals surface area contributed by atoms with E-state index in [1.807, 2.05) is 0 Å². The third-order valence-corrected chi connectivity index (χ3v) is 5.21. The van der Waals surface area contributed by atoms with E-state index in [1.165, 1.54) is 0 Å². The standard InChI is InChI=1S/C13H8ClF5N2O2S/c1-21(12-10(16)5-8(15)6-20-12)24(22,23)11-4-7(13(17,18)19)2-3-9(11)14/h2-6H,1H3. The number of sulfonamides is 1. The molecular formula is C13H8ClF5N2O2S. The van der Waals surface area contributed by atoms with Crippen molar-refractivity contribution in [1.82, 2.24) is 4.98 Å². The number of pyridine rings is 1. The van der Waals surface area contributed by atoms with Crippen LogP contribution in [-0.4, -0.2) is 20.4 Å². The number of hydrogen-bond acceptors (Lipinski definition) is 3. The highest BCUT2D eigenvalue weighted by atomic mass is 35.5. The Bertz CT molecular complexity index is 886. The van der Waals surface area contributed by atoms with Gasteiger partial charge in [-0.3, -0.25) is 4.31 Å². The van der Waals surface area contributed by atoms with Crippen LogP contribution in [0.15, 0.2) is 35.4 Å². The van der Waals surface area contributed by atoms with E-state index in [9.17, 15) is 30.4 Å². The van der Waals surface area contributed by atoms with Gasteiger partial charge in [0.15, 0.2) is 11.6 Å². The van der Waals surface area contributed by atoms with Crippen LogP contribution in [0.3, 0.4) is 0 Å². The summed E-state index contributed by atoms with van der Waals surface area (Å²) in [7, 11) is -3.81. The molecule has 0 spiro atoms. The summed E-state index contributed by atoms with van der Waals surface area (Å²) < 4.78 is 90.0. The molecule has 1 aromatic heterocycles. The van der Waals surface area contributed by atoms with Gasteiger partial charge in [-0.1, -0.05) is 11.6 Å². The molecular weight excluding hydrogens is 379 g/mol. The van der Waals surface area contributed by atoms with E-state index in [-0.39, 0.29) is 4.31 Å². The van der Waals surface area contributed by atoms with Crippen LogP contribution in [0.2, 0.25) is 5.02 Å². The molecule has 0 radical (unpaired) electrons. The van der Waals surface area contributed by atoms with Gasteiger partial charge in [0.25, 0.3) is 10.0 Å². The molecule has 11 heteroatoms. The van der Waals surface area contributed by atoms with Crippen LogP contribution in [0.5, 0.6) is 0 Å². The van der Waals surface area contributed by atoms with Crippen LogP contribution < -0.4 is 4.31 Å². The lowest BCUT2D eigenvalue weighted by molar-refractivity contribution is -0.137. The zero-order valence-electron chi connectivity index (χ0n) is 11.8. The zero-order valence-corrected chi connectivity index (χ0v) is 13.3. The van der Waals surface area contributed by atoms with Gasteiger partial charge in [-0.2, -0.15) is 13.2 Å². The van der Waals surface area contributed by atoms with E-state index in [4.69, 9.17) is 11.6 Å². The fourth-order valence-corrected chi connectivity index (χ4v) is 3.44. The van der Waals surface area contributed by atoms with E-state index in [2.05, 4.69) is 4.98 Å². The molecule has 130 valence electrons. The first-order valence-corrected chi connectivity index (χ1v) is 7.93. The molecule has 4 nitrogen and oxygen atoms in total. The molecule has 0 atom stereocenters. The molecule has 2 aromatic rings. The normalized spacial score (nSPS) is 12.3. The van der Waals surface area contributed by atoms with E-state index < -0.39 is 49.1 Å². The molecule has 0 bridgehead atoms. The van der Waals surface area contributed by atoms with Crippen LogP contribution in [0.25, 0.3) is 0 Å². The van der Waals surface area contributed by atoms with Crippen molar-refractivity contribution in [2.24, 2.45) is 0 Å². The molecule has 2 rings (SSSR count). The Labute approximate surface area is 138 Å². The molecule has 0 saturated carbocycles. The van der Waals surface area contributed by atoms with Crippen LogP contribution in [0, 0.1) is 11.6 Å². The minimum absolute atomic E-state index is 0.281. The first-order valence-electron chi connectivity index (χ1n) is 6.11. The van der Waals surface area contributed by atoms with Gasteiger partial charge < -0.3 is 0 Å². The number of nitrogens with zero attached hydrogens (tertiary/aromatic N) is 2. The number of alkyl halides is 3. The van der Waals surface area contributed by atoms with Gasteiger partial charge in [0.1, 0.15) is 10.7 Å². The van der Waals surface area contributed by atoms with Crippen molar-refractivity contribution in [2.45, 2.75) is 11.1 Å². The Morgan fingerprint density at radius 2 is 1.79 bits per heavy atom. The minimum Gasteiger partial charge on any atom is -0.250 e. The zero-order chi connectivity index (χ0) is 18.3. The predicted octanol–water partition coefficient (Wildman–Crippen LogP) is 3.86. The molecule has 0 amide bonds. The molecule has 0 unspecified atom stereocenters. The molecule has 0 saturated heterocycles. The Kier molecular flexibility index (Phi) is 4.73. The number of benzene rings is 1. The van der Waals surface area contributed by atoms with Crippen molar-refractivity contribution in [3.05, 3.63) is 52.7 Å². The highest BCUT2D eigenvalue weighted by Crippen LogP contribution is 2.35. The first-order chi connectivity index (χ1) is 10.9. The topological polar surface area (TPSA) is 50.3 Å². The Hall–Kier alpha value is -1.94. The van der Waals surface area contributed by atoms with E-state index in [0.29, 0.717) is 24.4 Å². The SMILES string of the molecule is CN(c1ncc(F)cc1F)S(=O)(=O)c1cc(C(F)(F)F)ccc1Cl. The summed E-state index contributed by atoms with van der Waals surface area (Å²) in [5.74, 6) is -3.13. The van der Waals surface area contributed by atoms with Crippen molar-refractivity contribution in [1.29, 1.82) is 0 Å². The van der Waals surface area contributed by atoms with Crippen molar-refractivity contribution in [3.8, 4) is 0 Å². The Morgan fingerprint density at radius 1 is 1.17 bits per heavy atom. The van der Waals surface area contributed by atoms with Crippen LogP contribution in [0.4, 0.5) is 27.8 Å². The summed E-state index contributed by atoms with van der Waals surface area (Å²) >= 11 is 5.68. The Balaban J connectivity index is 2.58. The molecule has 1 heterocycles. The lowest BCUT2D eigenvalue weighted by Gasteiger charge is -2.20. The number of anilines is 1. The molecule has 24 heavy (non-hydrogen) atoms. The van der Waals surface area contributed by atoms with Gasteiger partial charge in [-0.15, -0.1) is 0 Å². The summed E-state index contributed by atoms with van der Waals surface area (Å²) in [6.45, 7) is 0. The van der Waals surface area contributed by atoms with Gasteiger partial charge in [-0.05, 0) is 18.2 Å². The molecule has 0 aliphatic rings. The first kappa shape index (κ1) is 18.4. The summed E-state index contributed by atoms with van der Waals surface area (Å²) in [6, 6.07) is 2.09. The molecule has 0 N–H and O–H groups in total. The fourth-order valence-electron chi connectivity index (χ4n) is 1.78. The largest absolute Gasteiger partial charge is 0.416 e. The summed E-state index contributed by atoms with van der Waals surface area (Å²) in [5, 5.41) is -0.489. The lowest BCUT2D eigenvalue weighted by Crippen LogP contribution is -2.29. The number of rotatable bonds is 3. The molecule has 0 aliphatic heterocycles. The fraction of sp³-hybridized carbons (Fsp3) is 0.154. The highest BCUT2D eigenvalue weighted by molar-refractivity contribution is 7.92. The van der Waals surface area contributed by atoms with Crippen molar-refractivity contribution in [3.63, 3.8) is 0 Å². The second kappa shape index (κ2) is 6.17. The average Bonchev–Trinajstić information content (AvgIpc) is 2.45. The van der Waals surface area contributed by atoms with E-state index in [0.717, 1.165) is 13.1 Å². The van der Waals surface area contributed by atoms with Gasteiger partial charge in [0, 0.05) is 13.1 Å². The number of hydrogen-bond donors (Lipinski definition) is 0. The summed E-state index contributed by atoms with van der Waals surface area (Å²) in [6.07, 6.45) is -4.23. The van der Waals surface area contributed by atoms with Gasteiger partial charge in [0.05, 0.1) is 16.8 Å². The van der Waals surface area contributed by atoms with Crippen molar-refractivity contribution >= 4 is 27.4 Å². The highest BCUT2D eigenvalue weighted by Gasteiger charge is 2.34. The molecule has 0 aliphatic carbocycles. The maximum absolute atomic E-state index is 13.7. The summed E-state index contributed by atoms with van der Waals surface area (Å²) in [4.78, 5) is 2.42. The average molecular weight is 387 g/mol. The maximum Gasteiger partial charge on any atom is 0.416 e. The third-order valence-electron chi connectivity index (χ3n) is 2.98. The van der Waals surface area contributed by atoms with Crippen LogP contribution >= 0.6 is 11.6 Å². The maximum atomic E-state index is 13.7. The summed E-state index contributed by atoms with van der Waals surface area (Å²) in [5.41, 5.74) is -1.24. The Morgan fingerprint density at radius 3 is 2.33 bits per heavy atom. The minimum atomic E-state index is -4.80. The molecule has 0 fully saturated rings. The van der Waals surface area contributed by atoms with Gasteiger partial charge in [-0.25, -0.2) is 22.2 Å². The van der Waals surface area contributed by atoms with E-state index in [1.54, 1.807) is 0 Å². The monoisotopic (exact) mass is 386 g/mol. The van der Waals surface area contributed by atoms with Crippen molar-refractivity contribution in [2.75, 3.05) is 11.4 Å². The quantitative estimate of drug-likeness (QED) is 0.753.